The molecule has 3 rings (SSSR count). The van der Waals surface area contributed by atoms with Gasteiger partial charge in [-0.3, -0.25) is 9.10 Å². The molecule has 0 unspecified atom stereocenters. The zero-order chi connectivity index (χ0) is 22.6. The van der Waals surface area contributed by atoms with Crippen molar-refractivity contribution in [1.82, 2.24) is 14.9 Å². The highest BCUT2D eigenvalue weighted by Crippen LogP contribution is 2.30. The van der Waals surface area contributed by atoms with Crippen LogP contribution in [0.25, 0.3) is 5.69 Å². The molecule has 0 atom stereocenters. The number of amides is 1. The van der Waals surface area contributed by atoms with Gasteiger partial charge in [0.2, 0.25) is 15.9 Å². The van der Waals surface area contributed by atoms with E-state index in [4.69, 9.17) is 16.3 Å². The Kier molecular flexibility index (Phi) is 6.87. The molecule has 3 aromatic rings. The maximum absolute atomic E-state index is 12.6. The molecule has 0 saturated heterocycles. The minimum atomic E-state index is -3.72. The molecular weight excluding hydrogens is 440 g/mol. The zero-order valence-corrected chi connectivity index (χ0v) is 18.9. The first-order chi connectivity index (χ1) is 14.7. The van der Waals surface area contributed by atoms with Gasteiger partial charge in [-0.05, 0) is 36.8 Å². The number of aromatic nitrogens is 2. The van der Waals surface area contributed by atoms with Crippen LogP contribution in [-0.2, 0) is 21.4 Å². The lowest BCUT2D eigenvalue weighted by atomic mass is 10.1. The van der Waals surface area contributed by atoms with Crippen LogP contribution in [0.5, 0.6) is 5.75 Å². The van der Waals surface area contributed by atoms with Crippen LogP contribution in [0.15, 0.2) is 54.9 Å². The lowest BCUT2D eigenvalue weighted by Gasteiger charge is -2.22. The largest absolute Gasteiger partial charge is 0.495 e. The lowest BCUT2D eigenvalue weighted by molar-refractivity contribution is -0.119. The highest BCUT2D eigenvalue weighted by atomic mass is 35.5. The van der Waals surface area contributed by atoms with Crippen LogP contribution in [0.2, 0.25) is 5.02 Å². The van der Waals surface area contributed by atoms with Gasteiger partial charge < -0.3 is 14.6 Å². The Morgan fingerprint density at radius 1 is 1.26 bits per heavy atom. The summed E-state index contributed by atoms with van der Waals surface area (Å²) in [6.07, 6.45) is 4.58. The number of carbonyl (C=O) groups excluding carboxylic acids is 1. The maximum atomic E-state index is 12.6. The number of aryl methyl sites for hydroxylation is 1. The first-order valence-corrected chi connectivity index (χ1v) is 11.6. The molecule has 0 bridgehead atoms. The van der Waals surface area contributed by atoms with Crippen molar-refractivity contribution < 1.29 is 17.9 Å². The van der Waals surface area contributed by atoms with Gasteiger partial charge in [-0.15, -0.1) is 0 Å². The molecule has 0 aliphatic heterocycles. The summed E-state index contributed by atoms with van der Waals surface area (Å²) in [5.41, 5.74) is 2.04. The SMILES string of the molecule is COc1ccc(N(CC(=O)NCc2ccccc2-n2ccnc2C)S(C)(=O)=O)cc1Cl. The number of para-hydroxylation sites is 1. The number of halogens is 1. The van der Waals surface area contributed by atoms with E-state index in [0.29, 0.717) is 5.75 Å². The average molecular weight is 463 g/mol. The van der Waals surface area contributed by atoms with Crippen LogP contribution >= 0.6 is 11.6 Å². The van der Waals surface area contributed by atoms with E-state index in [0.717, 1.165) is 27.6 Å². The molecule has 2 aromatic carbocycles. The molecule has 1 heterocycles. The molecule has 31 heavy (non-hydrogen) atoms. The van der Waals surface area contributed by atoms with E-state index < -0.39 is 15.9 Å². The number of sulfonamides is 1. The third-order valence-electron chi connectivity index (χ3n) is 4.66. The molecule has 10 heteroatoms. The summed E-state index contributed by atoms with van der Waals surface area (Å²) in [5, 5.41) is 3.04. The number of ether oxygens (including phenoxy) is 1. The topological polar surface area (TPSA) is 93.5 Å². The van der Waals surface area contributed by atoms with Gasteiger partial charge in [0.15, 0.2) is 0 Å². The zero-order valence-electron chi connectivity index (χ0n) is 17.4. The lowest BCUT2D eigenvalue weighted by Crippen LogP contribution is -2.40. The molecule has 0 spiro atoms. The normalized spacial score (nSPS) is 11.2. The van der Waals surface area contributed by atoms with Gasteiger partial charge >= 0.3 is 0 Å². The molecule has 0 saturated carbocycles. The number of rotatable bonds is 8. The van der Waals surface area contributed by atoms with Crippen molar-refractivity contribution in [3.8, 4) is 11.4 Å². The van der Waals surface area contributed by atoms with Crippen molar-refractivity contribution in [2.75, 3.05) is 24.2 Å². The number of nitrogens with one attached hydrogen (secondary N) is 1. The fraction of sp³-hybridized carbons (Fsp3) is 0.238. The highest BCUT2D eigenvalue weighted by molar-refractivity contribution is 7.92. The monoisotopic (exact) mass is 462 g/mol. The first-order valence-electron chi connectivity index (χ1n) is 9.37. The van der Waals surface area contributed by atoms with E-state index >= 15 is 0 Å². The number of benzene rings is 2. The van der Waals surface area contributed by atoms with E-state index in [2.05, 4.69) is 10.3 Å². The second-order valence-electron chi connectivity index (χ2n) is 6.84. The maximum Gasteiger partial charge on any atom is 0.241 e. The second kappa shape index (κ2) is 9.40. The molecule has 1 amide bonds. The quantitative estimate of drug-likeness (QED) is 0.555. The van der Waals surface area contributed by atoms with Gasteiger partial charge in [0.1, 0.15) is 18.1 Å². The van der Waals surface area contributed by atoms with Crippen molar-refractivity contribution in [2.24, 2.45) is 0 Å². The van der Waals surface area contributed by atoms with Crippen LogP contribution in [0, 0.1) is 6.92 Å². The van der Waals surface area contributed by atoms with E-state index in [1.165, 1.54) is 19.2 Å². The molecule has 164 valence electrons. The highest BCUT2D eigenvalue weighted by Gasteiger charge is 2.22. The Bertz CT molecular complexity index is 1190. The number of nitrogens with zero attached hydrogens (tertiary/aromatic N) is 3. The number of hydrogen-bond donors (Lipinski definition) is 1. The van der Waals surface area contributed by atoms with Crippen LogP contribution < -0.4 is 14.4 Å². The number of imidazole rings is 1. The third-order valence-corrected chi connectivity index (χ3v) is 6.10. The first kappa shape index (κ1) is 22.6. The van der Waals surface area contributed by atoms with Gasteiger partial charge in [-0.25, -0.2) is 13.4 Å². The molecule has 1 aromatic heterocycles. The van der Waals surface area contributed by atoms with Crippen LogP contribution in [0.1, 0.15) is 11.4 Å². The molecule has 0 fully saturated rings. The van der Waals surface area contributed by atoms with Gasteiger partial charge in [0.25, 0.3) is 0 Å². The predicted octanol–water partition coefficient (Wildman–Crippen LogP) is 2.93. The number of carbonyl (C=O) groups is 1. The third kappa shape index (κ3) is 5.36. The van der Waals surface area contributed by atoms with Gasteiger partial charge in [0, 0.05) is 18.9 Å². The van der Waals surface area contributed by atoms with Crippen LogP contribution in [0.4, 0.5) is 5.69 Å². The fourth-order valence-corrected chi connectivity index (χ4v) is 4.22. The summed E-state index contributed by atoms with van der Waals surface area (Å²) in [6.45, 7) is 1.74. The molecule has 8 nitrogen and oxygen atoms in total. The summed E-state index contributed by atoms with van der Waals surface area (Å²) in [6, 6.07) is 12.1. The van der Waals surface area contributed by atoms with Crippen molar-refractivity contribution >= 4 is 33.2 Å². The summed E-state index contributed by atoms with van der Waals surface area (Å²) in [4.78, 5) is 16.9. The molecule has 0 radical (unpaired) electrons. The second-order valence-corrected chi connectivity index (χ2v) is 9.15. The summed E-state index contributed by atoms with van der Waals surface area (Å²) in [5.74, 6) is 0.780. The molecule has 0 aliphatic carbocycles. The Hall–Kier alpha value is -3.04. The van der Waals surface area contributed by atoms with Gasteiger partial charge in [-0.2, -0.15) is 0 Å². The average Bonchev–Trinajstić information content (AvgIpc) is 3.15. The number of anilines is 1. The van der Waals surface area contributed by atoms with Crippen molar-refractivity contribution in [3.05, 3.63) is 71.3 Å². The molecular formula is C21H23ClN4O4S. The minimum Gasteiger partial charge on any atom is -0.495 e. The summed E-state index contributed by atoms with van der Waals surface area (Å²) < 4.78 is 32.6. The van der Waals surface area contributed by atoms with Crippen molar-refractivity contribution in [2.45, 2.75) is 13.5 Å². The van der Waals surface area contributed by atoms with E-state index in [-0.39, 0.29) is 23.8 Å². The minimum absolute atomic E-state index is 0.230. The Morgan fingerprint density at radius 3 is 2.61 bits per heavy atom. The van der Waals surface area contributed by atoms with Crippen LogP contribution in [-0.4, -0.2) is 43.8 Å². The van der Waals surface area contributed by atoms with Crippen LogP contribution in [0.3, 0.4) is 0 Å². The van der Waals surface area contributed by atoms with Crippen molar-refractivity contribution in [3.63, 3.8) is 0 Å². The van der Waals surface area contributed by atoms with Gasteiger partial charge in [-0.1, -0.05) is 29.8 Å². The molecule has 0 aliphatic rings. The summed E-state index contributed by atoms with van der Waals surface area (Å²) in [7, 11) is -2.26. The van der Waals surface area contributed by atoms with E-state index in [1.807, 2.05) is 42.0 Å². The predicted molar refractivity (Wildman–Crippen MR) is 120 cm³/mol. The van der Waals surface area contributed by atoms with Crippen molar-refractivity contribution in [1.29, 1.82) is 0 Å². The Morgan fingerprint density at radius 2 is 2.00 bits per heavy atom. The summed E-state index contributed by atoms with van der Waals surface area (Å²) >= 11 is 6.13. The smallest absolute Gasteiger partial charge is 0.241 e. The van der Waals surface area contributed by atoms with Gasteiger partial charge in [0.05, 0.1) is 29.8 Å². The van der Waals surface area contributed by atoms with E-state index in [1.54, 1.807) is 12.3 Å². The Labute approximate surface area is 186 Å². The number of hydrogen-bond acceptors (Lipinski definition) is 5. The molecule has 1 N–H and O–H groups in total. The standard InChI is InChI=1S/C21H23ClN4O4S/c1-15-23-10-11-25(15)19-7-5-4-6-16(19)13-24-21(27)14-26(31(3,28)29)17-8-9-20(30-2)18(22)12-17/h4-12H,13-14H2,1-3H3,(H,24,27). The fourth-order valence-electron chi connectivity index (χ4n) is 3.12. The number of methoxy groups -OCH3 is 1. The Balaban J connectivity index is 1.76. The van der Waals surface area contributed by atoms with E-state index in [9.17, 15) is 13.2 Å².